The summed E-state index contributed by atoms with van der Waals surface area (Å²) in [6.45, 7) is 1.67. The number of anilines is 3. The first-order chi connectivity index (χ1) is 12.5. The summed E-state index contributed by atoms with van der Waals surface area (Å²) in [7, 11) is 5.38. The van der Waals surface area contributed by atoms with Crippen LogP contribution in [0.3, 0.4) is 0 Å². The van der Waals surface area contributed by atoms with Crippen LogP contribution in [0.1, 0.15) is 6.42 Å². The maximum Gasteiger partial charge on any atom is 0.229 e. The van der Waals surface area contributed by atoms with E-state index in [0.717, 1.165) is 18.1 Å². The number of rotatable bonds is 7. The van der Waals surface area contributed by atoms with Crippen molar-refractivity contribution in [2.45, 2.75) is 12.0 Å². The number of nitrogens with zero attached hydrogens (tertiary/aromatic N) is 3. The minimum atomic E-state index is -0.840. The Kier molecular flexibility index (Phi) is 5.43. The minimum Gasteiger partial charge on any atom is -0.493 e. The van der Waals surface area contributed by atoms with Crippen molar-refractivity contribution in [3.05, 3.63) is 30.5 Å². The molecule has 0 saturated carbocycles. The highest BCUT2D eigenvalue weighted by molar-refractivity contribution is 5.60. The number of aliphatic hydroxyl groups is 1. The van der Waals surface area contributed by atoms with Crippen LogP contribution >= 0.6 is 0 Å². The van der Waals surface area contributed by atoms with Gasteiger partial charge in [-0.1, -0.05) is 0 Å². The number of methoxy groups -OCH3 is 1. The fourth-order valence-electron chi connectivity index (χ4n) is 2.94. The molecule has 26 heavy (non-hydrogen) atoms. The molecule has 140 valence electrons. The van der Waals surface area contributed by atoms with Crippen molar-refractivity contribution in [3.8, 4) is 11.5 Å². The molecule has 3 rings (SSSR count). The zero-order valence-corrected chi connectivity index (χ0v) is 15.3. The van der Waals surface area contributed by atoms with Gasteiger partial charge in [0.15, 0.2) is 11.5 Å². The number of hydrogen-bond donors (Lipinski definition) is 3. The van der Waals surface area contributed by atoms with Gasteiger partial charge in [0.05, 0.1) is 7.11 Å². The highest BCUT2D eigenvalue weighted by atomic mass is 16.5. The lowest BCUT2D eigenvalue weighted by Crippen LogP contribution is -2.38. The zero-order valence-electron chi connectivity index (χ0n) is 15.3. The van der Waals surface area contributed by atoms with Crippen LogP contribution in [0.5, 0.6) is 11.5 Å². The molecule has 1 aromatic carbocycles. The number of ether oxygens (including phenoxy) is 2. The molecule has 1 aromatic heterocycles. The third-order valence-electron chi connectivity index (χ3n) is 4.35. The van der Waals surface area contributed by atoms with Crippen molar-refractivity contribution in [1.82, 2.24) is 14.9 Å². The van der Waals surface area contributed by atoms with Crippen LogP contribution in [0.15, 0.2) is 30.5 Å². The molecule has 0 aliphatic carbocycles. The van der Waals surface area contributed by atoms with Crippen LogP contribution < -0.4 is 20.1 Å². The molecule has 0 unspecified atom stereocenters. The second-order valence-electron chi connectivity index (χ2n) is 6.51. The number of hydrogen-bond acceptors (Lipinski definition) is 8. The smallest absolute Gasteiger partial charge is 0.229 e. The topological polar surface area (TPSA) is 91.8 Å². The highest BCUT2D eigenvalue weighted by Gasteiger charge is 2.35. The van der Waals surface area contributed by atoms with Crippen LogP contribution in [-0.4, -0.2) is 66.5 Å². The molecule has 1 saturated heterocycles. The quantitative estimate of drug-likeness (QED) is 0.688. The van der Waals surface area contributed by atoms with Crippen LogP contribution in [0.4, 0.5) is 17.5 Å². The molecule has 1 aliphatic rings. The van der Waals surface area contributed by atoms with E-state index < -0.39 is 5.60 Å². The first-order valence-electron chi connectivity index (χ1n) is 8.51. The summed E-state index contributed by atoms with van der Waals surface area (Å²) in [4.78, 5) is 10.6. The number of benzene rings is 1. The normalized spacial score (nSPS) is 20.0. The van der Waals surface area contributed by atoms with E-state index in [2.05, 4.69) is 25.5 Å². The molecule has 1 fully saturated rings. The van der Waals surface area contributed by atoms with Crippen molar-refractivity contribution in [2.24, 2.45) is 0 Å². The summed E-state index contributed by atoms with van der Waals surface area (Å²) < 4.78 is 11.3. The lowest BCUT2D eigenvalue weighted by molar-refractivity contribution is 0.00509. The lowest BCUT2D eigenvalue weighted by Gasteiger charge is -2.23. The molecule has 8 nitrogen and oxygen atoms in total. The Labute approximate surface area is 153 Å². The van der Waals surface area contributed by atoms with Crippen molar-refractivity contribution >= 4 is 17.5 Å². The van der Waals surface area contributed by atoms with Gasteiger partial charge in [0.1, 0.15) is 18.0 Å². The minimum absolute atomic E-state index is 0.211. The van der Waals surface area contributed by atoms with Crippen LogP contribution in [0.25, 0.3) is 0 Å². The number of aromatic nitrogens is 2. The monoisotopic (exact) mass is 359 g/mol. The van der Waals surface area contributed by atoms with Gasteiger partial charge in [-0.15, -0.1) is 0 Å². The Hall–Kier alpha value is -2.58. The predicted octanol–water partition coefficient (Wildman–Crippen LogP) is 1.72. The largest absolute Gasteiger partial charge is 0.493 e. The van der Waals surface area contributed by atoms with E-state index in [4.69, 9.17) is 9.47 Å². The van der Waals surface area contributed by atoms with Gasteiger partial charge in [-0.25, -0.2) is 4.98 Å². The standard InChI is InChI=1S/C18H25N5O3/c1-19-16-6-8-20-17(22-16)21-13-4-5-14(25-3)15(10-13)26-12-18(24)7-9-23(2)11-18/h4-6,8,10,24H,7,9,11-12H2,1-3H3,(H2,19,20,21,22)/t18-/m1/s1. The number of β-amino-alcohol motifs (C(OH)–C–C–N with tert-alkyl or cyclic N) is 1. The van der Waals surface area contributed by atoms with E-state index in [-0.39, 0.29) is 6.61 Å². The van der Waals surface area contributed by atoms with Gasteiger partial charge in [0.2, 0.25) is 5.95 Å². The molecule has 0 amide bonds. The molecule has 0 spiro atoms. The SMILES string of the molecule is CNc1ccnc(Nc2ccc(OC)c(OC[C@@]3(O)CCN(C)C3)c2)n1. The fourth-order valence-corrected chi connectivity index (χ4v) is 2.94. The zero-order chi connectivity index (χ0) is 18.6. The van der Waals surface area contributed by atoms with Gasteiger partial charge in [0.25, 0.3) is 0 Å². The molecule has 3 N–H and O–H groups in total. The third kappa shape index (κ3) is 4.33. The predicted molar refractivity (Wildman–Crippen MR) is 100 cm³/mol. The van der Waals surface area contributed by atoms with Crippen molar-refractivity contribution in [1.29, 1.82) is 0 Å². The Morgan fingerprint density at radius 1 is 1.31 bits per heavy atom. The van der Waals surface area contributed by atoms with Crippen molar-refractivity contribution in [3.63, 3.8) is 0 Å². The summed E-state index contributed by atoms with van der Waals surface area (Å²) in [5.74, 6) is 2.37. The number of nitrogens with one attached hydrogen (secondary N) is 2. The van der Waals surface area contributed by atoms with Gasteiger partial charge in [-0.05, 0) is 31.7 Å². The fraction of sp³-hybridized carbons (Fsp3) is 0.444. The summed E-state index contributed by atoms with van der Waals surface area (Å²) in [5.41, 5.74) is -0.0717. The molecule has 2 aromatic rings. The van der Waals surface area contributed by atoms with E-state index in [1.54, 1.807) is 26.4 Å². The Balaban J connectivity index is 1.73. The lowest BCUT2D eigenvalue weighted by atomic mass is 10.1. The summed E-state index contributed by atoms with van der Waals surface area (Å²) in [6, 6.07) is 7.27. The van der Waals surface area contributed by atoms with Gasteiger partial charge in [-0.3, -0.25) is 0 Å². The van der Waals surface area contributed by atoms with E-state index in [0.29, 0.717) is 30.4 Å². The van der Waals surface area contributed by atoms with Crippen molar-refractivity contribution < 1.29 is 14.6 Å². The maximum absolute atomic E-state index is 10.6. The maximum atomic E-state index is 10.6. The van der Waals surface area contributed by atoms with Crippen molar-refractivity contribution in [2.75, 3.05) is 51.5 Å². The Bertz CT molecular complexity index is 757. The molecule has 0 bridgehead atoms. The van der Waals surface area contributed by atoms with Crippen LogP contribution in [-0.2, 0) is 0 Å². The van der Waals surface area contributed by atoms with Gasteiger partial charge < -0.3 is 30.1 Å². The first-order valence-corrected chi connectivity index (χ1v) is 8.51. The molecule has 0 radical (unpaired) electrons. The Morgan fingerprint density at radius 3 is 2.85 bits per heavy atom. The molecule has 2 heterocycles. The molecule has 1 aliphatic heterocycles. The second kappa shape index (κ2) is 7.76. The summed E-state index contributed by atoms with van der Waals surface area (Å²) >= 11 is 0. The summed E-state index contributed by atoms with van der Waals surface area (Å²) in [5, 5.41) is 16.7. The van der Waals surface area contributed by atoms with Gasteiger partial charge in [0, 0.05) is 38.1 Å². The van der Waals surface area contributed by atoms with Gasteiger partial charge in [-0.2, -0.15) is 4.98 Å². The third-order valence-corrected chi connectivity index (χ3v) is 4.35. The van der Waals surface area contributed by atoms with E-state index in [1.807, 2.05) is 25.2 Å². The Morgan fingerprint density at radius 2 is 2.15 bits per heavy atom. The number of likely N-dealkylation sites (N-methyl/N-ethyl adjacent to an activating group) is 1. The highest BCUT2D eigenvalue weighted by Crippen LogP contribution is 2.32. The van der Waals surface area contributed by atoms with E-state index >= 15 is 0 Å². The van der Waals surface area contributed by atoms with Crippen LogP contribution in [0.2, 0.25) is 0 Å². The average molecular weight is 359 g/mol. The molecule has 1 atom stereocenters. The summed E-state index contributed by atoms with van der Waals surface area (Å²) in [6.07, 6.45) is 2.36. The molecular weight excluding hydrogens is 334 g/mol. The molecule has 8 heteroatoms. The van der Waals surface area contributed by atoms with E-state index in [1.165, 1.54) is 0 Å². The van der Waals surface area contributed by atoms with Crippen LogP contribution in [0, 0.1) is 0 Å². The molecular formula is C18H25N5O3. The first kappa shape index (κ1) is 18.2. The second-order valence-corrected chi connectivity index (χ2v) is 6.51. The van der Waals surface area contributed by atoms with Gasteiger partial charge >= 0.3 is 0 Å². The average Bonchev–Trinajstić information content (AvgIpc) is 2.99. The number of likely N-dealkylation sites (tertiary alicyclic amines) is 1. The van der Waals surface area contributed by atoms with E-state index in [9.17, 15) is 5.11 Å².